The summed E-state index contributed by atoms with van der Waals surface area (Å²) in [6.45, 7) is 0. The Balaban J connectivity index is 2.40. The number of hydrogen-bond acceptors (Lipinski definition) is 3. The third kappa shape index (κ3) is 3.19. The molecule has 0 heterocycles. The summed E-state index contributed by atoms with van der Waals surface area (Å²) < 4.78 is 10.8. The highest BCUT2D eigenvalue weighted by Crippen LogP contribution is 2.35. The summed E-state index contributed by atoms with van der Waals surface area (Å²) in [6, 6.07) is 9.74. The molecule has 0 amide bonds. The lowest BCUT2D eigenvalue weighted by Gasteiger charge is -2.12. The van der Waals surface area contributed by atoms with Gasteiger partial charge in [-0.1, -0.05) is 23.2 Å². The normalized spacial score (nSPS) is 10.1. The SMILES string of the molecule is COc1cc(Cl)ccc1Oc1cc(Cl)ccc1C=O. The predicted molar refractivity (Wildman–Crippen MR) is 74.9 cm³/mol. The second-order valence-corrected chi connectivity index (χ2v) is 4.57. The molecular formula is C14H10Cl2O3. The molecular weight excluding hydrogens is 287 g/mol. The Labute approximate surface area is 120 Å². The Morgan fingerprint density at radius 1 is 0.947 bits per heavy atom. The second kappa shape index (κ2) is 5.95. The number of aldehydes is 1. The van der Waals surface area contributed by atoms with E-state index in [1.54, 1.807) is 36.4 Å². The molecule has 0 radical (unpaired) electrons. The highest BCUT2D eigenvalue weighted by molar-refractivity contribution is 6.31. The van der Waals surface area contributed by atoms with E-state index >= 15 is 0 Å². The van der Waals surface area contributed by atoms with Gasteiger partial charge in [-0.2, -0.15) is 0 Å². The van der Waals surface area contributed by atoms with E-state index in [-0.39, 0.29) is 0 Å². The molecule has 0 aliphatic rings. The van der Waals surface area contributed by atoms with E-state index in [9.17, 15) is 4.79 Å². The Bertz CT molecular complexity index is 612. The van der Waals surface area contributed by atoms with Crippen LogP contribution < -0.4 is 9.47 Å². The summed E-state index contributed by atoms with van der Waals surface area (Å²) in [7, 11) is 1.51. The van der Waals surface area contributed by atoms with E-state index in [2.05, 4.69) is 0 Å². The minimum absolute atomic E-state index is 0.364. The maximum Gasteiger partial charge on any atom is 0.169 e. The molecule has 19 heavy (non-hydrogen) atoms. The van der Waals surface area contributed by atoms with Crippen LogP contribution in [-0.4, -0.2) is 13.4 Å². The van der Waals surface area contributed by atoms with Gasteiger partial charge in [-0.25, -0.2) is 0 Å². The molecule has 0 N–H and O–H groups in total. The van der Waals surface area contributed by atoms with E-state index < -0.39 is 0 Å². The largest absolute Gasteiger partial charge is 0.493 e. The monoisotopic (exact) mass is 296 g/mol. The molecule has 0 saturated heterocycles. The maximum absolute atomic E-state index is 11.0. The average molecular weight is 297 g/mol. The van der Waals surface area contributed by atoms with Crippen LogP contribution in [0.2, 0.25) is 10.0 Å². The first-order valence-electron chi connectivity index (χ1n) is 5.40. The number of rotatable bonds is 4. The first kappa shape index (κ1) is 13.7. The molecule has 0 aromatic heterocycles. The lowest BCUT2D eigenvalue weighted by Crippen LogP contribution is -1.93. The van der Waals surface area contributed by atoms with Gasteiger partial charge >= 0.3 is 0 Å². The Kier molecular flexibility index (Phi) is 4.30. The summed E-state index contributed by atoms with van der Waals surface area (Å²) in [5.41, 5.74) is 0.404. The van der Waals surface area contributed by atoms with E-state index in [0.717, 1.165) is 0 Å². The van der Waals surface area contributed by atoms with Crippen molar-refractivity contribution < 1.29 is 14.3 Å². The van der Waals surface area contributed by atoms with Crippen molar-refractivity contribution in [3.63, 3.8) is 0 Å². The van der Waals surface area contributed by atoms with E-state index in [1.165, 1.54) is 7.11 Å². The molecule has 0 bridgehead atoms. The first-order chi connectivity index (χ1) is 9.13. The van der Waals surface area contributed by atoms with Crippen molar-refractivity contribution in [2.75, 3.05) is 7.11 Å². The van der Waals surface area contributed by atoms with Gasteiger partial charge < -0.3 is 9.47 Å². The van der Waals surface area contributed by atoms with Crippen LogP contribution in [0.3, 0.4) is 0 Å². The fourth-order valence-corrected chi connectivity index (χ4v) is 1.86. The van der Waals surface area contributed by atoms with Gasteiger partial charge in [-0.3, -0.25) is 4.79 Å². The molecule has 0 spiro atoms. The van der Waals surface area contributed by atoms with Crippen LogP contribution in [0.5, 0.6) is 17.2 Å². The van der Waals surface area contributed by atoms with Crippen molar-refractivity contribution in [3.05, 3.63) is 52.0 Å². The van der Waals surface area contributed by atoms with Crippen LogP contribution in [-0.2, 0) is 0 Å². The lowest BCUT2D eigenvalue weighted by atomic mass is 10.2. The number of halogens is 2. The number of carbonyl (C=O) groups excluding carboxylic acids is 1. The summed E-state index contributed by atoms with van der Waals surface area (Å²) in [6.07, 6.45) is 0.702. The molecule has 2 rings (SSSR count). The third-order valence-corrected chi connectivity index (χ3v) is 2.92. The quantitative estimate of drug-likeness (QED) is 0.773. The van der Waals surface area contributed by atoms with Gasteiger partial charge in [0.25, 0.3) is 0 Å². The third-order valence-electron chi connectivity index (χ3n) is 2.45. The van der Waals surface area contributed by atoms with Crippen molar-refractivity contribution in [1.82, 2.24) is 0 Å². The Hall–Kier alpha value is -1.71. The zero-order valence-corrected chi connectivity index (χ0v) is 11.5. The van der Waals surface area contributed by atoms with Crippen molar-refractivity contribution in [1.29, 1.82) is 0 Å². The lowest BCUT2D eigenvalue weighted by molar-refractivity contribution is 0.112. The van der Waals surface area contributed by atoms with Crippen LogP contribution in [0.1, 0.15) is 10.4 Å². The summed E-state index contributed by atoms with van der Waals surface area (Å²) in [4.78, 5) is 11.0. The standard InChI is InChI=1S/C14H10Cl2O3/c1-18-14-7-11(16)4-5-12(14)19-13-6-10(15)3-2-9(13)8-17/h2-8H,1H3. The van der Waals surface area contributed by atoms with Crippen LogP contribution in [0, 0.1) is 0 Å². The molecule has 0 aliphatic carbocycles. The van der Waals surface area contributed by atoms with Crippen LogP contribution >= 0.6 is 23.2 Å². The fraction of sp³-hybridized carbons (Fsp3) is 0.0714. The summed E-state index contributed by atoms with van der Waals surface area (Å²) in [5, 5.41) is 1.01. The van der Waals surface area contributed by atoms with Gasteiger partial charge in [0.05, 0.1) is 12.7 Å². The predicted octanol–water partition coefficient (Wildman–Crippen LogP) is 4.61. The van der Waals surface area contributed by atoms with Crippen molar-refractivity contribution in [3.8, 4) is 17.2 Å². The summed E-state index contributed by atoms with van der Waals surface area (Å²) in [5.74, 6) is 1.30. The first-order valence-corrected chi connectivity index (χ1v) is 6.15. The molecule has 98 valence electrons. The molecule has 0 saturated carbocycles. The van der Waals surface area contributed by atoms with E-state index in [1.807, 2.05) is 0 Å². The minimum atomic E-state index is 0.364. The van der Waals surface area contributed by atoms with Crippen molar-refractivity contribution in [2.45, 2.75) is 0 Å². The molecule has 0 aliphatic heterocycles. The minimum Gasteiger partial charge on any atom is -0.493 e. The average Bonchev–Trinajstić information content (AvgIpc) is 2.41. The smallest absolute Gasteiger partial charge is 0.169 e. The second-order valence-electron chi connectivity index (χ2n) is 3.70. The van der Waals surface area contributed by atoms with Gasteiger partial charge in [-0.15, -0.1) is 0 Å². The number of carbonyl (C=O) groups is 1. The topological polar surface area (TPSA) is 35.5 Å². The van der Waals surface area contributed by atoms with Gasteiger partial charge in [-0.05, 0) is 24.3 Å². The molecule has 0 fully saturated rings. The zero-order chi connectivity index (χ0) is 13.8. The van der Waals surface area contributed by atoms with E-state index in [0.29, 0.717) is 39.1 Å². The number of hydrogen-bond donors (Lipinski definition) is 0. The van der Waals surface area contributed by atoms with E-state index in [4.69, 9.17) is 32.7 Å². The number of ether oxygens (including phenoxy) is 2. The van der Waals surface area contributed by atoms with Gasteiger partial charge in [0.15, 0.2) is 17.8 Å². The summed E-state index contributed by atoms with van der Waals surface area (Å²) >= 11 is 11.8. The van der Waals surface area contributed by atoms with Crippen LogP contribution in [0.4, 0.5) is 0 Å². The maximum atomic E-state index is 11.0. The highest BCUT2D eigenvalue weighted by Gasteiger charge is 2.10. The van der Waals surface area contributed by atoms with Crippen molar-refractivity contribution in [2.24, 2.45) is 0 Å². The fourth-order valence-electron chi connectivity index (χ4n) is 1.54. The highest BCUT2D eigenvalue weighted by atomic mass is 35.5. The van der Waals surface area contributed by atoms with Gasteiger partial charge in [0.2, 0.25) is 0 Å². The molecule has 0 unspecified atom stereocenters. The van der Waals surface area contributed by atoms with Crippen LogP contribution in [0.25, 0.3) is 0 Å². The molecule has 3 nitrogen and oxygen atoms in total. The Morgan fingerprint density at radius 3 is 2.21 bits per heavy atom. The molecule has 2 aromatic rings. The molecule has 0 atom stereocenters. The number of benzene rings is 2. The zero-order valence-electron chi connectivity index (χ0n) is 10.0. The van der Waals surface area contributed by atoms with Gasteiger partial charge in [0.1, 0.15) is 5.75 Å². The number of methoxy groups -OCH3 is 1. The van der Waals surface area contributed by atoms with Crippen LogP contribution in [0.15, 0.2) is 36.4 Å². The Morgan fingerprint density at radius 2 is 1.58 bits per heavy atom. The molecule has 5 heteroatoms. The molecule has 2 aromatic carbocycles. The van der Waals surface area contributed by atoms with Crippen molar-refractivity contribution >= 4 is 29.5 Å². The van der Waals surface area contributed by atoms with Gasteiger partial charge in [0, 0.05) is 22.2 Å².